The van der Waals surface area contributed by atoms with Crippen molar-refractivity contribution in [3.8, 4) is 0 Å². The second kappa shape index (κ2) is 7.40. The quantitative estimate of drug-likeness (QED) is 0.671. The van der Waals surface area contributed by atoms with Crippen LogP contribution < -0.4 is 10.3 Å². The van der Waals surface area contributed by atoms with Gasteiger partial charge in [0.2, 0.25) is 11.8 Å². The molecule has 2 heterocycles. The fourth-order valence-corrected chi connectivity index (χ4v) is 3.24. The molecule has 1 atom stereocenters. The SMILES string of the molecule is CCc1ccc(N2C[C@H](C(=O)N/N=C/c3cccs3)CC2=O)cc1. The zero-order chi connectivity index (χ0) is 16.9. The van der Waals surface area contributed by atoms with Crippen LogP contribution in [0.1, 0.15) is 23.8 Å². The van der Waals surface area contributed by atoms with Crippen molar-refractivity contribution in [1.29, 1.82) is 0 Å². The molecule has 2 aromatic rings. The fourth-order valence-electron chi connectivity index (χ4n) is 2.66. The Kier molecular flexibility index (Phi) is 5.05. The predicted molar refractivity (Wildman–Crippen MR) is 96.3 cm³/mol. The molecule has 6 heteroatoms. The maximum Gasteiger partial charge on any atom is 0.245 e. The minimum Gasteiger partial charge on any atom is -0.312 e. The maximum atomic E-state index is 12.2. The molecule has 1 N–H and O–H groups in total. The molecule has 1 saturated heterocycles. The number of thiophene rings is 1. The minimum atomic E-state index is -0.371. The highest BCUT2D eigenvalue weighted by Gasteiger charge is 2.35. The third-order valence-electron chi connectivity index (χ3n) is 4.06. The zero-order valence-electron chi connectivity index (χ0n) is 13.4. The second-order valence-electron chi connectivity index (χ2n) is 5.68. The Morgan fingerprint density at radius 3 is 2.83 bits per heavy atom. The first-order valence-electron chi connectivity index (χ1n) is 7.93. The van der Waals surface area contributed by atoms with Crippen molar-refractivity contribution in [3.05, 3.63) is 52.2 Å². The first-order chi connectivity index (χ1) is 11.7. The summed E-state index contributed by atoms with van der Waals surface area (Å²) in [7, 11) is 0. The number of hydrogen-bond acceptors (Lipinski definition) is 4. The lowest BCUT2D eigenvalue weighted by molar-refractivity contribution is -0.126. The highest BCUT2D eigenvalue weighted by molar-refractivity contribution is 7.11. The predicted octanol–water partition coefficient (Wildman–Crippen LogP) is 2.81. The number of amides is 2. The summed E-state index contributed by atoms with van der Waals surface area (Å²) in [6.45, 7) is 2.48. The number of hydrogen-bond donors (Lipinski definition) is 1. The Balaban J connectivity index is 1.60. The molecule has 3 rings (SSSR count). The van der Waals surface area contributed by atoms with E-state index in [0.717, 1.165) is 17.0 Å². The van der Waals surface area contributed by atoms with E-state index in [1.807, 2.05) is 41.8 Å². The van der Waals surface area contributed by atoms with Gasteiger partial charge in [0.05, 0.1) is 12.1 Å². The molecular weight excluding hydrogens is 322 g/mol. The highest BCUT2D eigenvalue weighted by Crippen LogP contribution is 2.25. The van der Waals surface area contributed by atoms with Gasteiger partial charge < -0.3 is 4.90 Å². The molecule has 1 aliphatic rings. The molecule has 0 spiro atoms. The number of carbonyl (C=O) groups is 2. The van der Waals surface area contributed by atoms with Gasteiger partial charge >= 0.3 is 0 Å². The smallest absolute Gasteiger partial charge is 0.245 e. The third kappa shape index (κ3) is 3.71. The van der Waals surface area contributed by atoms with Crippen LogP contribution in [0.2, 0.25) is 0 Å². The lowest BCUT2D eigenvalue weighted by Gasteiger charge is -2.16. The van der Waals surface area contributed by atoms with E-state index >= 15 is 0 Å². The van der Waals surface area contributed by atoms with Crippen molar-refractivity contribution in [2.75, 3.05) is 11.4 Å². The van der Waals surface area contributed by atoms with Crippen LogP contribution in [-0.4, -0.2) is 24.6 Å². The Morgan fingerprint density at radius 1 is 1.38 bits per heavy atom. The van der Waals surface area contributed by atoms with Gasteiger partial charge in [0, 0.05) is 23.5 Å². The van der Waals surface area contributed by atoms with Crippen molar-refractivity contribution >= 4 is 35.1 Å². The van der Waals surface area contributed by atoms with Gasteiger partial charge in [-0.25, -0.2) is 5.43 Å². The van der Waals surface area contributed by atoms with Crippen molar-refractivity contribution in [1.82, 2.24) is 5.43 Å². The van der Waals surface area contributed by atoms with Crippen LogP contribution >= 0.6 is 11.3 Å². The Labute approximate surface area is 145 Å². The summed E-state index contributed by atoms with van der Waals surface area (Å²) in [6, 6.07) is 11.7. The van der Waals surface area contributed by atoms with E-state index in [1.165, 1.54) is 5.56 Å². The standard InChI is InChI=1S/C18H19N3O2S/c1-2-13-5-7-15(8-6-13)21-12-14(10-17(21)22)18(23)20-19-11-16-4-3-9-24-16/h3-9,11,14H,2,10,12H2,1H3,(H,20,23)/b19-11+/t14-/m1/s1. The van der Waals surface area contributed by atoms with E-state index < -0.39 is 0 Å². The monoisotopic (exact) mass is 341 g/mol. The maximum absolute atomic E-state index is 12.2. The van der Waals surface area contributed by atoms with Gasteiger partial charge in [-0.1, -0.05) is 25.1 Å². The average Bonchev–Trinajstić information content (AvgIpc) is 3.24. The average molecular weight is 341 g/mol. The molecule has 0 bridgehead atoms. The lowest BCUT2D eigenvalue weighted by Crippen LogP contribution is -2.30. The number of benzene rings is 1. The van der Waals surface area contributed by atoms with Gasteiger partial charge in [-0.2, -0.15) is 5.10 Å². The first-order valence-corrected chi connectivity index (χ1v) is 8.81. The van der Waals surface area contributed by atoms with Crippen LogP contribution in [0.15, 0.2) is 46.9 Å². The molecule has 0 saturated carbocycles. The second-order valence-corrected chi connectivity index (χ2v) is 6.65. The Morgan fingerprint density at radius 2 is 2.17 bits per heavy atom. The summed E-state index contributed by atoms with van der Waals surface area (Å²) in [5.41, 5.74) is 4.60. The van der Waals surface area contributed by atoms with Crippen LogP contribution in [0, 0.1) is 5.92 Å². The number of anilines is 1. The topological polar surface area (TPSA) is 61.8 Å². The Hall–Kier alpha value is -2.47. The van der Waals surface area contributed by atoms with E-state index in [4.69, 9.17) is 0 Å². The molecule has 24 heavy (non-hydrogen) atoms. The molecule has 1 aliphatic heterocycles. The molecular formula is C18H19N3O2S. The number of rotatable bonds is 5. The van der Waals surface area contributed by atoms with Crippen LogP contribution in [0.5, 0.6) is 0 Å². The van der Waals surface area contributed by atoms with E-state index in [1.54, 1.807) is 22.5 Å². The molecule has 2 amide bonds. The number of nitrogens with zero attached hydrogens (tertiary/aromatic N) is 2. The van der Waals surface area contributed by atoms with Crippen LogP contribution in [0.4, 0.5) is 5.69 Å². The third-order valence-corrected chi connectivity index (χ3v) is 4.87. The van der Waals surface area contributed by atoms with Crippen molar-refractivity contribution in [2.24, 2.45) is 11.0 Å². The van der Waals surface area contributed by atoms with Crippen molar-refractivity contribution in [2.45, 2.75) is 19.8 Å². The number of nitrogens with one attached hydrogen (secondary N) is 1. The normalized spacial score (nSPS) is 17.6. The summed E-state index contributed by atoms with van der Waals surface area (Å²) >= 11 is 1.54. The molecule has 0 unspecified atom stereocenters. The molecule has 0 radical (unpaired) electrons. The zero-order valence-corrected chi connectivity index (χ0v) is 14.3. The molecule has 0 aliphatic carbocycles. The van der Waals surface area contributed by atoms with Crippen LogP contribution in [0.3, 0.4) is 0 Å². The van der Waals surface area contributed by atoms with Crippen molar-refractivity contribution < 1.29 is 9.59 Å². The molecule has 1 aromatic carbocycles. The molecule has 1 aromatic heterocycles. The summed E-state index contributed by atoms with van der Waals surface area (Å²) < 4.78 is 0. The fraction of sp³-hybridized carbons (Fsp3) is 0.278. The minimum absolute atomic E-state index is 0.0263. The molecule has 124 valence electrons. The highest BCUT2D eigenvalue weighted by atomic mass is 32.1. The summed E-state index contributed by atoms with van der Waals surface area (Å²) in [4.78, 5) is 27.1. The Bertz CT molecular complexity index is 738. The summed E-state index contributed by atoms with van der Waals surface area (Å²) in [6.07, 6.45) is 2.79. The van der Waals surface area contributed by atoms with Crippen LogP contribution in [-0.2, 0) is 16.0 Å². The number of aryl methyl sites for hydroxylation is 1. The number of hydrazone groups is 1. The van der Waals surface area contributed by atoms with Gasteiger partial charge in [-0.05, 0) is 35.6 Å². The molecule has 5 nitrogen and oxygen atoms in total. The van der Waals surface area contributed by atoms with E-state index in [9.17, 15) is 9.59 Å². The molecule has 1 fully saturated rings. The van der Waals surface area contributed by atoms with Gasteiger partial charge in [0.15, 0.2) is 0 Å². The van der Waals surface area contributed by atoms with Gasteiger partial charge in [0.1, 0.15) is 0 Å². The van der Waals surface area contributed by atoms with E-state index in [-0.39, 0.29) is 24.2 Å². The van der Waals surface area contributed by atoms with E-state index in [2.05, 4.69) is 17.5 Å². The van der Waals surface area contributed by atoms with Crippen LogP contribution in [0.25, 0.3) is 0 Å². The van der Waals surface area contributed by atoms with Gasteiger partial charge in [-0.15, -0.1) is 11.3 Å². The largest absolute Gasteiger partial charge is 0.312 e. The van der Waals surface area contributed by atoms with Gasteiger partial charge in [0.25, 0.3) is 0 Å². The van der Waals surface area contributed by atoms with Gasteiger partial charge in [-0.3, -0.25) is 9.59 Å². The lowest BCUT2D eigenvalue weighted by atomic mass is 10.1. The van der Waals surface area contributed by atoms with E-state index in [0.29, 0.717) is 6.54 Å². The first kappa shape index (κ1) is 16.4. The van der Waals surface area contributed by atoms with Crippen molar-refractivity contribution in [3.63, 3.8) is 0 Å². The summed E-state index contributed by atoms with van der Waals surface area (Å²) in [5, 5.41) is 5.90. The summed E-state index contributed by atoms with van der Waals surface area (Å²) in [5.74, 6) is -0.616. The number of carbonyl (C=O) groups excluding carboxylic acids is 2.